The summed E-state index contributed by atoms with van der Waals surface area (Å²) in [5.74, 6) is 0. The molecule has 7 heteroatoms. The molecule has 2 N–H and O–H groups in total. The van der Waals surface area contributed by atoms with E-state index in [0.717, 1.165) is 0 Å². The van der Waals surface area contributed by atoms with Crippen molar-refractivity contribution in [2.45, 2.75) is 0 Å². The van der Waals surface area contributed by atoms with Gasteiger partial charge in [-0.1, -0.05) is 17.7 Å². The molecule has 0 unspecified atom stereocenters. The van der Waals surface area contributed by atoms with Crippen LogP contribution in [0.25, 0.3) is 0 Å². The van der Waals surface area contributed by atoms with Crippen molar-refractivity contribution in [3.63, 3.8) is 0 Å². The molecule has 0 aliphatic rings. The fourth-order valence-electron chi connectivity index (χ4n) is 0.342. The summed E-state index contributed by atoms with van der Waals surface area (Å²) in [6.07, 6.45) is 1.66. The average Bonchev–Trinajstić information content (AvgIpc) is 1.85. The van der Waals surface area contributed by atoms with Crippen molar-refractivity contribution in [1.29, 1.82) is 0 Å². The first-order chi connectivity index (χ1) is 5.39. The van der Waals surface area contributed by atoms with Gasteiger partial charge in [0.2, 0.25) is 0 Å². The molecule has 0 bridgehead atoms. The molecule has 1 heterocycles. The molecule has 1 aromatic heterocycles. The Morgan fingerprint density at radius 2 is 1.83 bits per heavy atom. The summed E-state index contributed by atoms with van der Waals surface area (Å²) in [6.45, 7) is 0. The van der Waals surface area contributed by atoms with Crippen LogP contribution >= 0.6 is 11.6 Å². The summed E-state index contributed by atoms with van der Waals surface area (Å²) in [5.41, 5.74) is 0. The molecule has 5 nitrogen and oxygen atoms in total. The Balaban J connectivity index is 0.000000217. The van der Waals surface area contributed by atoms with Crippen molar-refractivity contribution in [1.82, 2.24) is 4.98 Å². The van der Waals surface area contributed by atoms with Crippen molar-refractivity contribution in [3.8, 4) is 0 Å². The molecule has 0 radical (unpaired) electrons. The minimum absolute atomic E-state index is 0.544. The molecule has 0 saturated carbocycles. The maximum atomic E-state index is 8.82. The van der Waals surface area contributed by atoms with Crippen LogP contribution in [0.2, 0.25) is 5.15 Å². The predicted molar refractivity (Wildman–Crippen MR) is 35.1 cm³/mol. The molecule has 68 valence electrons. The molecule has 0 amide bonds. The number of hydrogen-bond acceptors (Lipinski definition) is 3. The van der Waals surface area contributed by atoms with Crippen LogP contribution in [0, 0.1) is 0 Å². The SMILES string of the molecule is Clc1ccccn1.[O]=[Cr](=[O])([OH])[OH]. The zero-order chi connectivity index (χ0) is 9.61. The predicted octanol–water partition coefficient (Wildman–Crippen LogP) is 0.381. The standard InChI is InChI=1S/C5H4ClN.Cr.2H2O.2O/c6-5-3-1-2-4-7-5;;;;;/h1-4H;;2*1H2;;/q;+2;;;;/p-2. The number of pyridine rings is 1. The van der Waals surface area contributed by atoms with Crippen molar-refractivity contribution < 1.29 is 29.5 Å². The van der Waals surface area contributed by atoms with Gasteiger partial charge in [0.25, 0.3) is 0 Å². The summed E-state index contributed by atoms with van der Waals surface area (Å²) in [4.78, 5) is 3.74. The van der Waals surface area contributed by atoms with E-state index >= 15 is 0 Å². The Kier molecular flexibility index (Phi) is 4.97. The molecule has 0 fully saturated rings. The zero-order valence-corrected chi connectivity index (χ0v) is 7.78. The van der Waals surface area contributed by atoms with Crippen molar-refractivity contribution in [3.05, 3.63) is 29.5 Å². The maximum absolute atomic E-state index is 8.82. The van der Waals surface area contributed by atoms with Crippen LogP contribution in [0.1, 0.15) is 0 Å². The second kappa shape index (κ2) is 5.19. The van der Waals surface area contributed by atoms with Crippen LogP contribution in [-0.4, -0.2) is 13.3 Å². The Hall–Kier alpha value is -0.508. The van der Waals surface area contributed by atoms with E-state index in [1.807, 2.05) is 12.1 Å². The topological polar surface area (TPSA) is 87.5 Å². The molecule has 0 aliphatic heterocycles. The first-order valence-corrected chi connectivity index (χ1v) is 5.22. The van der Waals surface area contributed by atoms with Gasteiger partial charge in [-0.3, -0.25) is 0 Å². The van der Waals surface area contributed by atoms with E-state index in [4.69, 9.17) is 27.5 Å². The molecule has 0 aromatic carbocycles. The van der Waals surface area contributed by atoms with Crippen molar-refractivity contribution in [2.75, 3.05) is 0 Å². The first-order valence-electron chi connectivity index (χ1n) is 2.66. The molecule has 1 rings (SSSR count). The number of rotatable bonds is 0. The number of aromatic nitrogens is 1. The van der Waals surface area contributed by atoms with Gasteiger partial charge < -0.3 is 0 Å². The second-order valence-electron chi connectivity index (χ2n) is 1.60. The van der Waals surface area contributed by atoms with Crippen LogP contribution in [0.4, 0.5) is 0 Å². The Morgan fingerprint density at radius 1 is 1.33 bits per heavy atom. The Labute approximate surface area is 76.0 Å². The van der Waals surface area contributed by atoms with Crippen molar-refractivity contribution in [2.24, 2.45) is 0 Å². The minimum atomic E-state index is -5.25. The van der Waals surface area contributed by atoms with Gasteiger partial charge in [-0.15, -0.1) is 0 Å². The third-order valence-corrected chi connectivity index (χ3v) is 0.852. The van der Waals surface area contributed by atoms with Gasteiger partial charge >= 0.3 is 29.5 Å². The van der Waals surface area contributed by atoms with E-state index in [1.165, 1.54) is 0 Å². The first kappa shape index (κ1) is 11.5. The molecule has 12 heavy (non-hydrogen) atoms. The van der Waals surface area contributed by atoms with Crippen molar-refractivity contribution >= 4 is 11.6 Å². The quantitative estimate of drug-likeness (QED) is 0.631. The van der Waals surface area contributed by atoms with E-state index in [-0.39, 0.29) is 0 Å². The van der Waals surface area contributed by atoms with Crippen LogP contribution in [-0.2, 0) is 21.2 Å². The monoisotopic (exact) mass is 231 g/mol. The average molecular weight is 232 g/mol. The van der Waals surface area contributed by atoms with Gasteiger partial charge in [0.05, 0.1) is 0 Å². The molecular formula is C5H6ClCrNO4. The van der Waals surface area contributed by atoms with Gasteiger partial charge in [0.1, 0.15) is 5.15 Å². The number of hydrogen-bond donors (Lipinski definition) is 2. The van der Waals surface area contributed by atoms with Crippen LogP contribution in [0.15, 0.2) is 24.4 Å². The van der Waals surface area contributed by atoms with Gasteiger partial charge in [-0.05, 0) is 12.1 Å². The third kappa shape index (κ3) is 12.2. The third-order valence-electron chi connectivity index (χ3n) is 0.629. The van der Waals surface area contributed by atoms with Gasteiger partial charge in [-0.2, -0.15) is 0 Å². The van der Waals surface area contributed by atoms with Crippen LogP contribution in [0.3, 0.4) is 0 Å². The molecule has 0 aliphatic carbocycles. The van der Waals surface area contributed by atoms with E-state index in [1.54, 1.807) is 12.3 Å². The summed E-state index contributed by atoms with van der Waals surface area (Å²) in [5, 5.41) is 0.544. The van der Waals surface area contributed by atoms with E-state index < -0.39 is 13.6 Å². The van der Waals surface area contributed by atoms with Crippen LogP contribution in [0.5, 0.6) is 0 Å². The summed E-state index contributed by atoms with van der Waals surface area (Å²) < 4.78 is 31.9. The normalized spacial score (nSPS) is 9.92. The van der Waals surface area contributed by atoms with Crippen LogP contribution < -0.4 is 0 Å². The summed E-state index contributed by atoms with van der Waals surface area (Å²) in [7, 11) is 0. The second-order valence-corrected chi connectivity index (χ2v) is 3.39. The molecular weight excluding hydrogens is 226 g/mol. The molecule has 0 spiro atoms. The molecule has 1 aromatic rings. The van der Waals surface area contributed by atoms with E-state index in [0.29, 0.717) is 5.15 Å². The zero-order valence-electron chi connectivity index (χ0n) is 5.75. The van der Waals surface area contributed by atoms with Gasteiger partial charge in [-0.25, -0.2) is 4.98 Å². The summed E-state index contributed by atoms with van der Waals surface area (Å²) in [6, 6.07) is 5.41. The fraction of sp³-hybridized carbons (Fsp3) is 0. The van der Waals surface area contributed by atoms with Gasteiger partial charge in [0, 0.05) is 6.20 Å². The molecule has 0 saturated heterocycles. The van der Waals surface area contributed by atoms with Gasteiger partial charge in [0.15, 0.2) is 0 Å². The van der Waals surface area contributed by atoms with E-state index in [2.05, 4.69) is 4.98 Å². The summed E-state index contributed by atoms with van der Waals surface area (Å²) >= 11 is 0.179. The Morgan fingerprint density at radius 3 is 2.00 bits per heavy atom. The molecule has 0 atom stereocenters. The fourth-order valence-corrected chi connectivity index (χ4v) is 0.471. The number of halogens is 1. The number of nitrogens with zero attached hydrogens (tertiary/aromatic N) is 1. The Bertz CT molecular complexity index is 303. The van der Waals surface area contributed by atoms with E-state index in [9.17, 15) is 0 Å².